The van der Waals surface area contributed by atoms with Gasteiger partial charge in [0, 0.05) is 11.5 Å². The highest BCUT2D eigenvalue weighted by Gasteiger charge is 2.38. The molecule has 0 aliphatic heterocycles. The maximum Gasteiger partial charge on any atom is 0.490 e. The van der Waals surface area contributed by atoms with Gasteiger partial charge in [-0.2, -0.15) is 18.3 Å². The minimum atomic E-state index is -5.08. The van der Waals surface area contributed by atoms with Crippen molar-refractivity contribution in [2.24, 2.45) is 0 Å². The lowest BCUT2D eigenvalue weighted by atomic mass is 10.0. The molecule has 30 heavy (non-hydrogen) atoms. The topological polar surface area (TPSA) is 151 Å². The van der Waals surface area contributed by atoms with Gasteiger partial charge in [-0.25, -0.2) is 18.6 Å². The lowest BCUT2D eigenvalue weighted by Gasteiger charge is -2.08. The average Bonchev–Trinajstić information content (AvgIpc) is 3.24. The number of aromatic nitrogens is 5. The maximum atomic E-state index is 14.5. The van der Waals surface area contributed by atoms with Crippen molar-refractivity contribution in [2.75, 3.05) is 5.73 Å². The van der Waals surface area contributed by atoms with Crippen LogP contribution in [0.15, 0.2) is 6.07 Å². The Balaban J connectivity index is 0.000000318. The van der Waals surface area contributed by atoms with E-state index in [1.54, 1.807) is 6.92 Å². The number of pyridine rings is 1. The van der Waals surface area contributed by atoms with Crippen LogP contribution in [0.1, 0.15) is 5.69 Å². The number of aliphatic carboxylic acids is 1. The van der Waals surface area contributed by atoms with Crippen molar-refractivity contribution in [3.05, 3.63) is 23.4 Å². The lowest BCUT2D eigenvalue weighted by Crippen LogP contribution is -2.21. The first-order valence-electron chi connectivity index (χ1n) is 7.66. The molecule has 0 unspecified atom stereocenters. The van der Waals surface area contributed by atoms with E-state index in [1.807, 2.05) is 0 Å². The lowest BCUT2D eigenvalue weighted by molar-refractivity contribution is -0.192. The summed E-state index contributed by atoms with van der Waals surface area (Å²) < 4.78 is 60.7. The number of nitrogens with two attached hydrogens (primary N) is 1. The van der Waals surface area contributed by atoms with Crippen LogP contribution in [0.3, 0.4) is 0 Å². The van der Waals surface area contributed by atoms with Crippen LogP contribution in [0.25, 0.3) is 32.5 Å². The molecular formula is C15H9F5N6O3S. The summed E-state index contributed by atoms with van der Waals surface area (Å²) >= 11 is 0.997. The van der Waals surface area contributed by atoms with E-state index in [0.29, 0.717) is 17.1 Å². The highest BCUT2D eigenvalue weighted by Crippen LogP contribution is 2.39. The number of aromatic hydroxyl groups is 1. The predicted octanol–water partition coefficient (Wildman–Crippen LogP) is 3.14. The summed E-state index contributed by atoms with van der Waals surface area (Å²) in [5.41, 5.74) is 6.33. The van der Waals surface area contributed by atoms with E-state index in [1.165, 1.54) is 0 Å². The van der Waals surface area contributed by atoms with Gasteiger partial charge < -0.3 is 15.9 Å². The molecule has 0 bridgehead atoms. The number of halogens is 5. The van der Waals surface area contributed by atoms with Gasteiger partial charge in [-0.05, 0) is 6.92 Å². The molecule has 4 rings (SSSR count). The van der Waals surface area contributed by atoms with Crippen molar-refractivity contribution >= 4 is 44.2 Å². The molecule has 5 N–H and O–H groups in total. The summed E-state index contributed by atoms with van der Waals surface area (Å²) in [5.74, 6) is -5.31. The Labute approximate surface area is 166 Å². The van der Waals surface area contributed by atoms with E-state index < -0.39 is 29.5 Å². The van der Waals surface area contributed by atoms with Crippen molar-refractivity contribution in [1.82, 2.24) is 25.4 Å². The predicted molar refractivity (Wildman–Crippen MR) is 94.7 cm³/mol. The number of anilines is 1. The zero-order valence-corrected chi connectivity index (χ0v) is 15.4. The molecule has 0 saturated heterocycles. The molecule has 1 aromatic carbocycles. The van der Waals surface area contributed by atoms with Crippen LogP contribution in [0.5, 0.6) is 5.75 Å². The van der Waals surface area contributed by atoms with Gasteiger partial charge in [0.15, 0.2) is 22.2 Å². The number of nitrogen functional groups attached to an aromatic ring is 1. The molecule has 0 aliphatic carbocycles. The zero-order valence-electron chi connectivity index (χ0n) is 14.5. The Bertz CT molecular complexity index is 1290. The summed E-state index contributed by atoms with van der Waals surface area (Å²) in [6.45, 7) is 1.63. The third-order valence-corrected chi connectivity index (χ3v) is 4.48. The molecule has 0 atom stereocenters. The van der Waals surface area contributed by atoms with Crippen LogP contribution < -0.4 is 5.73 Å². The minimum Gasteiger partial charge on any atom is -0.505 e. The Morgan fingerprint density at radius 3 is 2.37 bits per heavy atom. The first-order valence-corrected chi connectivity index (χ1v) is 8.48. The van der Waals surface area contributed by atoms with Crippen molar-refractivity contribution in [1.29, 1.82) is 0 Å². The van der Waals surface area contributed by atoms with E-state index in [2.05, 4.69) is 25.4 Å². The van der Waals surface area contributed by atoms with Crippen molar-refractivity contribution in [2.45, 2.75) is 13.1 Å². The third-order valence-electron chi connectivity index (χ3n) is 3.72. The van der Waals surface area contributed by atoms with E-state index in [-0.39, 0.29) is 32.3 Å². The second-order valence-electron chi connectivity index (χ2n) is 5.68. The number of aromatic amines is 1. The van der Waals surface area contributed by atoms with Crippen LogP contribution in [0, 0.1) is 18.6 Å². The van der Waals surface area contributed by atoms with Gasteiger partial charge in [0.05, 0.1) is 16.5 Å². The number of rotatable bonds is 1. The molecule has 0 spiro atoms. The smallest absolute Gasteiger partial charge is 0.490 e. The monoisotopic (exact) mass is 448 g/mol. The first kappa shape index (κ1) is 21.1. The number of hydrogen-bond acceptors (Lipinski definition) is 8. The molecule has 3 heterocycles. The highest BCUT2D eigenvalue weighted by molar-refractivity contribution is 7.18. The quantitative estimate of drug-likeness (QED) is 0.324. The number of hydrogen-bond donors (Lipinski definition) is 4. The number of carbonyl (C=O) groups is 1. The second-order valence-corrected chi connectivity index (χ2v) is 6.69. The number of fused-ring (bicyclic) bond motifs is 3. The van der Waals surface area contributed by atoms with Crippen LogP contribution in [-0.2, 0) is 4.79 Å². The number of carboxylic acids is 1. The van der Waals surface area contributed by atoms with Gasteiger partial charge in [-0.15, -0.1) is 10.2 Å². The molecule has 0 saturated carbocycles. The largest absolute Gasteiger partial charge is 0.505 e. The fourth-order valence-corrected chi connectivity index (χ4v) is 3.14. The number of H-pyrrole nitrogens is 1. The SMILES string of the molecule is Cc1n[nH]c2nc(-c3nnc(N)s3)c3c(F)cc(O)c(F)c3c12.O=C(O)C(F)(F)F. The zero-order chi connectivity index (χ0) is 22.4. The minimum absolute atomic E-state index is 0.0850. The Morgan fingerprint density at radius 1 is 1.20 bits per heavy atom. The average molecular weight is 448 g/mol. The number of aryl methyl sites for hydroxylation is 1. The van der Waals surface area contributed by atoms with Crippen LogP contribution >= 0.6 is 11.3 Å². The Morgan fingerprint density at radius 2 is 1.83 bits per heavy atom. The van der Waals surface area contributed by atoms with Gasteiger partial charge in [0.25, 0.3) is 0 Å². The van der Waals surface area contributed by atoms with E-state index in [0.717, 1.165) is 11.3 Å². The maximum absolute atomic E-state index is 14.5. The van der Waals surface area contributed by atoms with E-state index in [4.69, 9.17) is 15.6 Å². The van der Waals surface area contributed by atoms with Gasteiger partial charge in [-0.1, -0.05) is 11.3 Å². The molecule has 9 nitrogen and oxygen atoms in total. The molecular weight excluding hydrogens is 439 g/mol. The fraction of sp³-hybridized carbons (Fsp3) is 0.133. The standard InChI is InChI=1S/C13H8F2N6OS.C2HF3O2/c1-3-6-8-7(4(14)2-5(22)9(8)15)10(17-11(6)19-18-3)12-20-21-13(16)23-12;3-2(4,5)1(6)7/h2,22H,1H3,(H2,16,21)(H,17,18,19);(H,6,7). The normalized spacial score (nSPS) is 11.5. The first-order chi connectivity index (χ1) is 13.9. The van der Waals surface area contributed by atoms with Gasteiger partial charge in [0.1, 0.15) is 11.5 Å². The summed E-state index contributed by atoms with van der Waals surface area (Å²) in [4.78, 5) is 13.2. The molecule has 15 heteroatoms. The number of phenolic OH excluding ortho intramolecular Hbond substituents is 1. The van der Waals surface area contributed by atoms with Gasteiger partial charge in [-0.3, -0.25) is 5.10 Å². The molecule has 0 amide bonds. The van der Waals surface area contributed by atoms with Gasteiger partial charge in [0.2, 0.25) is 5.13 Å². The second kappa shape index (κ2) is 7.33. The summed E-state index contributed by atoms with van der Waals surface area (Å²) in [5, 5.41) is 31.4. The highest BCUT2D eigenvalue weighted by atomic mass is 32.1. The summed E-state index contributed by atoms with van der Waals surface area (Å²) in [6.07, 6.45) is -5.08. The number of benzene rings is 1. The fourth-order valence-electron chi connectivity index (χ4n) is 2.53. The van der Waals surface area contributed by atoms with Crippen LogP contribution in [-0.4, -0.2) is 47.7 Å². The molecule has 0 radical (unpaired) electrons. The summed E-state index contributed by atoms with van der Waals surface area (Å²) in [7, 11) is 0. The molecule has 158 valence electrons. The van der Waals surface area contributed by atoms with Crippen LogP contribution in [0.2, 0.25) is 0 Å². The van der Waals surface area contributed by atoms with Gasteiger partial charge >= 0.3 is 12.1 Å². The van der Waals surface area contributed by atoms with Crippen LogP contribution in [0.4, 0.5) is 27.1 Å². The van der Waals surface area contributed by atoms with Crippen molar-refractivity contribution in [3.8, 4) is 16.5 Å². The molecule has 4 aromatic rings. The number of carboxylic acid groups (broad SMARTS) is 1. The number of nitrogens with one attached hydrogen (secondary N) is 1. The number of nitrogens with zero attached hydrogens (tertiary/aromatic N) is 4. The van der Waals surface area contributed by atoms with E-state index >= 15 is 0 Å². The number of phenols is 1. The molecule has 0 aliphatic rings. The summed E-state index contributed by atoms with van der Waals surface area (Å²) in [6, 6.07) is 0.703. The third kappa shape index (κ3) is 3.66. The van der Waals surface area contributed by atoms with Crippen molar-refractivity contribution in [3.63, 3.8) is 0 Å². The molecule has 0 fully saturated rings. The Hall–Kier alpha value is -3.62. The van der Waals surface area contributed by atoms with Crippen molar-refractivity contribution < 1.29 is 37.0 Å². The Kier molecular flexibility index (Phi) is 5.15. The van der Waals surface area contributed by atoms with E-state index in [9.17, 15) is 27.1 Å². The number of alkyl halides is 3. The molecule has 3 aromatic heterocycles.